The molecule has 0 heterocycles. The molecule has 2 aromatic carbocycles. The van der Waals surface area contributed by atoms with Crippen LogP contribution in [0.25, 0.3) is 0 Å². The van der Waals surface area contributed by atoms with Crippen molar-refractivity contribution in [2.45, 2.75) is 25.7 Å². The summed E-state index contributed by atoms with van der Waals surface area (Å²) in [7, 11) is 0. The van der Waals surface area contributed by atoms with E-state index < -0.39 is 0 Å². The molecule has 0 aromatic heterocycles. The molecule has 1 nitrogen and oxygen atoms in total. The minimum Gasteiger partial charge on any atom is -0.493 e. The highest BCUT2D eigenvalue weighted by Gasteiger charge is 2.13. The van der Waals surface area contributed by atoms with Gasteiger partial charge in [0.05, 0.1) is 6.61 Å². The van der Waals surface area contributed by atoms with E-state index in [1.54, 1.807) is 0 Å². The fraction of sp³-hybridized carbons (Fsp3) is 0.333. The lowest BCUT2D eigenvalue weighted by atomic mass is 10.0. The van der Waals surface area contributed by atoms with Crippen molar-refractivity contribution in [3.05, 3.63) is 65.7 Å². The van der Waals surface area contributed by atoms with Crippen LogP contribution in [0, 0.1) is 0 Å². The highest BCUT2D eigenvalue weighted by Crippen LogP contribution is 2.27. The topological polar surface area (TPSA) is 9.23 Å². The van der Waals surface area contributed by atoms with Crippen LogP contribution in [-0.4, -0.2) is 11.9 Å². The summed E-state index contributed by atoms with van der Waals surface area (Å²) in [6, 6.07) is 18.8. The van der Waals surface area contributed by atoms with Crippen LogP contribution in [0.4, 0.5) is 0 Å². The fourth-order valence-corrected chi connectivity index (χ4v) is 2.80. The first-order chi connectivity index (χ1) is 9.72. The van der Waals surface area contributed by atoms with Gasteiger partial charge in [-0.3, -0.25) is 0 Å². The molecule has 106 valence electrons. The van der Waals surface area contributed by atoms with Crippen LogP contribution in [0.3, 0.4) is 0 Å². The van der Waals surface area contributed by atoms with Gasteiger partial charge in [0.2, 0.25) is 0 Å². The maximum atomic E-state index is 6.08. The molecular weight excluding hydrogens is 312 g/mol. The van der Waals surface area contributed by atoms with Crippen molar-refractivity contribution in [2.75, 3.05) is 11.9 Å². The maximum absolute atomic E-state index is 6.08. The van der Waals surface area contributed by atoms with Crippen molar-refractivity contribution < 1.29 is 4.74 Å². The molecule has 0 saturated carbocycles. The number of hydrogen-bond donors (Lipinski definition) is 0. The van der Waals surface area contributed by atoms with E-state index >= 15 is 0 Å². The van der Waals surface area contributed by atoms with Gasteiger partial charge >= 0.3 is 0 Å². The molecule has 2 aromatic rings. The summed E-state index contributed by atoms with van der Waals surface area (Å²) in [6.45, 7) is 5.09. The van der Waals surface area contributed by atoms with Gasteiger partial charge in [0.15, 0.2) is 0 Å². The molecular formula is C18H21BrO. The van der Waals surface area contributed by atoms with Crippen LogP contribution < -0.4 is 4.74 Å². The van der Waals surface area contributed by atoms with Gasteiger partial charge in [-0.1, -0.05) is 78.3 Å². The molecule has 0 radical (unpaired) electrons. The lowest BCUT2D eigenvalue weighted by Gasteiger charge is -2.18. The predicted octanol–water partition coefficient (Wildman–Crippen LogP) is 5.37. The summed E-state index contributed by atoms with van der Waals surface area (Å²) >= 11 is 3.59. The molecule has 0 spiro atoms. The Labute approximate surface area is 130 Å². The third kappa shape index (κ3) is 3.86. The largest absolute Gasteiger partial charge is 0.493 e. The Morgan fingerprint density at radius 1 is 0.950 bits per heavy atom. The van der Waals surface area contributed by atoms with Gasteiger partial charge in [0.1, 0.15) is 5.75 Å². The summed E-state index contributed by atoms with van der Waals surface area (Å²) in [4.78, 5) is 0. The first-order valence-corrected chi connectivity index (χ1v) is 8.17. The van der Waals surface area contributed by atoms with Crippen LogP contribution in [0.5, 0.6) is 5.75 Å². The molecule has 2 heteroatoms. The highest BCUT2D eigenvalue weighted by molar-refractivity contribution is 9.09. The fourth-order valence-electron chi connectivity index (χ4n) is 2.23. The van der Waals surface area contributed by atoms with Gasteiger partial charge in [-0.15, -0.1) is 0 Å². The second-order valence-electron chi connectivity index (χ2n) is 5.27. The Morgan fingerprint density at radius 3 is 2.25 bits per heavy atom. The quantitative estimate of drug-likeness (QED) is 0.646. The second-order valence-corrected chi connectivity index (χ2v) is 5.91. The lowest BCUT2D eigenvalue weighted by molar-refractivity contribution is 0.294. The first kappa shape index (κ1) is 15.1. The molecule has 1 unspecified atom stereocenters. The normalized spacial score (nSPS) is 12.4. The van der Waals surface area contributed by atoms with E-state index in [2.05, 4.69) is 72.2 Å². The van der Waals surface area contributed by atoms with Gasteiger partial charge in [-0.2, -0.15) is 0 Å². The van der Waals surface area contributed by atoms with Crippen LogP contribution in [0.2, 0.25) is 0 Å². The number of hydrogen-bond acceptors (Lipinski definition) is 1. The molecule has 0 saturated heterocycles. The Balaban J connectivity index is 2.08. The van der Waals surface area contributed by atoms with Gasteiger partial charge in [-0.05, 0) is 23.1 Å². The van der Waals surface area contributed by atoms with Crippen LogP contribution in [0.1, 0.15) is 36.8 Å². The minimum absolute atomic E-state index is 0.372. The first-order valence-electron chi connectivity index (χ1n) is 7.05. The number of halogens is 1. The molecule has 2 rings (SSSR count). The van der Waals surface area contributed by atoms with Crippen molar-refractivity contribution in [2.24, 2.45) is 0 Å². The van der Waals surface area contributed by atoms with Crippen molar-refractivity contribution in [1.82, 2.24) is 0 Å². The van der Waals surface area contributed by atoms with Crippen LogP contribution in [-0.2, 0) is 0 Å². The Bertz CT molecular complexity index is 522. The molecule has 0 aliphatic carbocycles. The third-order valence-electron chi connectivity index (χ3n) is 3.44. The monoisotopic (exact) mass is 332 g/mol. The van der Waals surface area contributed by atoms with E-state index in [0.717, 1.165) is 11.1 Å². The molecule has 0 bridgehead atoms. The molecule has 0 aliphatic heterocycles. The Morgan fingerprint density at radius 2 is 1.60 bits per heavy atom. The summed E-state index contributed by atoms with van der Waals surface area (Å²) in [5.74, 6) is 1.85. The maximum Gasteiger partial charge on any atom is 0.122 e. The third-order valence-corrected chi connectivity index (χ3v) is 4.22. The van der Waals surface area contributed by atoms with Crippen LogP contribution >= 0.6 is 15.9 Å². The van der Waals surface area contributed by atoms with Gasteiger partial charge in [-0.25, -0.2) is 0 Å². The highest BCUT2D eigenvalue weighted by atomic mass is 79.9. The number of rotatable bonds is 6. The van der Waals surface area contributed by atoms with E-state index in [-0.39, 0.29) is 0 Å². The van der Waals surface area contributed by atoms with E-state index in [0.29, 0.717) is 18.4 Å². The number of para-hydroxylation sites is 1. The zero-order valence-electron chi connectivity index (χ0n) is 12.1. The van der Waals surface area contributed by atoms with Crippen molar-refractivity contribution in [3.63, 3.8) is 0 Å². The predicted molar refractivity (Wildman–Crippen MR) is 89.0 cm³/mol. The Kier molecular flexibility index (Phi) is 5.66. The molecule has 0 N–H and O–H groups in total. The average molecular weight is 333 g/mol. The molecule has 20 heavy (non-hydrogen) atoms. The minimum atomic E-state index is 0.372. The van der Waals surface area contributed by atoms with Crippen molar-refractivity contribution >= 4 is 15.9 Å². The van der Waals surface area contributed by atoms with Gasteiger partial charge in [0, 0.05) is 11.2 Å². The van der Waals surface area contributed by atoms with E-state index in [4.69, 9.17) is 4.74 Å². The molecule has 0 fully saturated rings. The zero-order chi connectivity index (χ0) is 14.4. The van der Waals surface area contributed by atoms with E-state index in [1.807, 2.05) is 12.1 Å². The summed E-state index contributed by atoms with van der Waals surface area (Å²) in [6.07, 6.45) is 0. The smallest absolute Gasteiger partial charge is 0.122 e. The summed E-state index contributed by atoms with van der Waals surface area (Å²) in [5.41, 5.74) is 2.58. The zero-order valence-corrected chi connectivity index (χ0v) is 13.6. The molecule has 0 amide bonds. The number of alkyl halides is 1. The van der Waals surface area contributed by atoms with Gasteiger partial charge < -0.3 is 4.74 Å². The average Bonchev–Trinajstić information content (AvgIpc) is 2.49. The van der Waals surface area contributed by atoms with E-state index in [9.17, 15) is 0 Å². The van der Waals surface area contributed by atoms with Crippen molar-refractivity contribution in [3.8, 4) is 5.75 Å². The summed E-state index contributed by atoms with van der Waals surface area (Å²) < 4.78 is 6.08. The van der Waals surface area contributed by atoms with Crippen LogP contribution in [0.15, 0.2) is 54.6 Å². The van der Waals surface area contributed by atoms with Crippen molar-refractivity contribution in [1.29, 1.82) is 0 Å². The number of benzene rings is 2. The standard InChI is InChI=1S/C18H21BrO/c1-14(2)17-10-6-7-11-18(17)20-13-16(12-19)15-8-4-3-5-9-15/h3-11,14,16H,12-13H2,1-2H3. The lowest BCUT2D eigenvalue weighted by Crippen LogP contribution is -2.12. The summed E-state index contributed by atoms with van der Waals surface area (Å²) in [5, 5.41) is 0.904. The Hall–Kier alpha value is -1.28. The molecule has 1 atom stereocenters. The SMILES string of the molecule is CC(C)c1ccccc1OCC(CBr)c1ccccc1. The number of ether oxygens (including phenoxy) is 1. The second kappa shape index (κ2) is 7.49. The molecule has 0 aliphatic rings. The van der Waals surface area contributed by atoms with Gasteiger partial charge in [0.25, 0.3) is 0 Å². The van der Waals surface area contributed by atoms with E-state index in [1.165, 1.54) is 11.1 Å².